The van der Waals surface area contributed by atoms with Crippen LogP contribution in [-0.4, -0.2) is 34.6 Å². The molecule has 0 aliphatic carbocycles. The van der Waals surface area contributed by atoms with E-state index in [4.69, 9.17) is 17.3 Å². The lowest BCUT2D eigenvalue weighted by Crippen LogP contribution is -2.42. The minimum Gasteiger partial charge on any atom is -0.397 e. The molecular weight excluding hydrogens is 308 g/mol. The van der Waals surface area contributed by atoms with Crippen molar-refractivity contribution in [3.8, 4) is 0 Å². The molecule has 1 aromatic carbocycles. The van der Waals surface area contributed by atoms with Crippen molar-refractivity contribution in [3.63, 3.8) is 0 Å². The van der Waals surface area contributed by atoms with Crippen LogP contribution in [0.25, 0.3) is 10.1 Å². The molecule has 2 aromatic rings. The molecule has 0 saturated heterocycles. The highest BCUT2D eigenvalue weighted by Gasteiger charge is 2.26. The number of nitrogens with two attached hydrogens (primary N) is 1. The highest BCUT2D eigenvalue weighted by molar-refractivity contribution is 7.21. The van der Waals surface area contributed by atoms with Crippen LogP contribution in [0.2, 0.25) is 5.02 Å². The molecule has 21 heavy (non-hydrogen) atoms. The van der Waals surface area contributed by atoms with Crippen LogP contribution in [0.15, 0.2) is 18.2 Å². The molecule has 0 aliphatic heterocycles. The third kappa shape index (κ3) is 3.31. The summed E-state index contributed by atoms with van der Waals surface area (Å²) in [6, 6.07) is 5.49. The van der Waals surface area contributed by atoms with Gasteiger partial charge in [0, 0.05) is 23.2 Å². The predicted octanol–water partition coefficient (Wildman–Crippen LogP) is 3.37. The number of hydrogen-bond donors (Lipinski definition) is 2. The second kappa shape index (κ2) is 5.83. The van der Waals surface area contributed by atoms with Crippen molar-refractivity contribution in [3.05, 3.63) is 28.1 Å². The van der Waals surface area contributed by atoms with Crippen LogP contribution < -0.4 is 5.73 Å². The number of amides is 1. The molecule has 1 heterocycles. The lowest BCUT2D eigenvalue weighted by Gasteiger charge is -2.27. The van der Waals surface area contributed by atoms with E-state index in [-0.39, 0.29) is 12.5 Å². The summed E-state index contributed by atoms with van der Waals surface area (Å²) in [6.07, 6.45) is 0. The summed E-state index contributed by atoms with van der Waals surface area (Å²) < 4.78 is 0.891. The normalized spacial score (nSPS) is 11.9. The van der Waals surface area contributed by atoms with Crippen molar-refractivity contribution >= 4 is 44.6 Å². The van der Waals surface area contributed by atoms with E-state index in [1.165, 1.54) is 11.3 Å². The van der Waals surface area contributed by atoms with Crippen LogP contribution in [0.3, 0.4) is 0 Å². The number of nitrogens with zero attached hydrogens (tertiary/aromatic N) is 1. The van der Waals surface area contributed by atoms with Crippen molar-refractivity contribution in [1.82, 2.24) is 4.90 Å². The molecule has 0 spiro atoms. The maximum Gasteiger partial charge on any atom is 0.266 e. The molecule has 0 atom stereocenters. The van der Waals surface area contributed by atoms with E-state index >= 15 is 0 Å². The van der Waals surface area contributed by atoms with Crippen LogP contribution >= 0.6 is 22.9 Å². The summed E-state index contributed by atoms with van der Waals surface area (Å²) in [7, 11) is 0. The molecule has 0 fully saturated rings. The second-order valence-corrected chi connectivity index (χ2v) is 7.05. The van der Waals surface area contributed by atoms with Crippen LogP contribution in [0, 0.1) is 0 Å². The van der Waals surface area contributed by atoms with Gasteiger partial charge in [-0.3, -0.25) is 4.79 Å². The first-order valence-electron chi connectivity index (χ1n) is 6.72. The van der Waals surface area contributed by atoms with Gasteiger partial charge in [-0.2, -0.15) is 0 Å². The topological polar surface area (TPSA) is 66.6 Å². The first-order chi connectivity index (χ1) is 9.74. The van der Waals surface area contributed by atoms with Gasteiger partial charge in [-0.1, -0.05) is 17.7 Å². The number of anilines is 1. The molecule has 0 unspecified atom stereocenters. The van der Waals surface area contributed by atoms with E-state index in [0.717, 1.165) is 10.1 Å². The van der Waals surface area contributed by atoms with Gasteiger partial charge in [0.25, 0.3) is 5.91 Å². The second-order valence-electron chi connectivity index (χ2n) is 5.59. The van der Waals surface area contributed by atoms with Crippen molar-refractivity contribution in [2.45, 2.75) is 26.4 Å². The van der Waals surface area contributed by atoms with E-state index in [1.807, 2.05) is 19.1 Å². The summed E-state index contributed by atoms with van der Waals surface area (Å²) >= 11 is 7.50. The molecule has 0 bridgehead atoms. The van der Waals surface area contributed by atoms with E-state index in [0.29, 0.717) is 22.1 Å². The summed E-state index contributed by atoms with van der Waals surface area (Å²) in [4.78, 5) is 14.7. The third-order valence-corrected chi connectivity index (χ3v) is 4.62. The highest BCUT2D eigenvalue weighted by atomic mass is 35.5. The molecule has 4 nitrogen and oxygen atoms in total. The van der Waals surface area contributed by atoms with Crippen molar-refractivity contribution < 1.29 is 9.90 Å². The molecule has 0 aliphatic rings. The summed E-state index contributed by atoms with van der Waals surface area (Å²) in [5.41, 5.74) is 5.58. The number of nitrogen functional groups attached to an aromatic ring is 1. The minimum absolute atomic E-state index is 0.172. The zero-order valence-corrected chi connectivity index (χ0v) is 13.9. The van der Waals surface area contributed by atoms with E-state index in [1.54, 1.807) is 24.8 Å². The number of benzene rings is 1. The van der Waals surface area contributed by atoms with Gasteiger partial charge in [-0.05, 0) is 32.9 Å². The number of fused-ring (bicyclic) bond motifs is 1. The lowest BCUT2D eigenvalue weighted by atomic mass is 10.1. The van der Waals surface area contributed by atoms with Gasteiger partial charge in [0.15, 0.2) is 0 Å². The number of aliphatic hydroxyl groups is 1. The van der Waals surface area contributed by atoms with Crippen LogP contribution in [-0.2, 0) is 0 Å². The fourth-order valence-corrected chi connectivity index (χ4v) is 3.68. The summed E-state index contributed by atoms with van der Waals surface area (Å²) in [5.74, 6) is -0.172. The highest BCUT2D eigenvalue weighted by Crippen LogP contribution is 2.38. The first-order valence-corrected chi connectivity index (χ1v) is 7.92. The minimum atomic E-state index is -0.950. The van der Waals surface area contributed by atoms with E-state index < -0.39 is 5.60 Å². The Morgan fingerprint density at radius 2 is 2.14 bits per heavy atom. The first kappa shape index (κ1) is 16.1. The number of carbonyl (C=O) groups is 1. The lowest BCUT2D eigenvalue weighted by molar-refractivity contribution is 0.0318. The number of halogens is 1. The predicted molar refractivity (Wildman–Crippen MR) is 89.1 cm³/mol. The van der Waals surface area contributed by atoms with Gasteiger partial charge < -0.3 is 15.7 Å². The molecule has 1 amide bonds. The molecule has 6 heteroatoms. The van der Waals surface area contributed by atoms with Gasteiger partial charge >= 0.3 is 0 Å². The van der Waals surface area contributed by atoms with Gasteiger partial charge in [0.2, 0.25) is 0 Å². The van der Waals surface area contributed by atoms with Crippen LogP contribution in [0.1, 0.15) is 30.4 Å². The zero-order valence-electron chi connectivity index (χ0n) is 12.3. The smallest absolute Gasteiger partial charge is 0.266 e. The van der Waals surface area contributed by atoms with Gasteiger partial charge in [0.05, 0.1) is 16.3 Å². The Morgan fingerprint density at radius 3 is 2.67 bits per heavy atom. The average molecular weight is 327 g/mol. The Morgan fingerprint density at radius 1 is 1.48 bits per heavy atom. The molecular formula is C15H19ClN2O2S. The summed E-state index contributed by atoms with van der Waals surface area (Å²) in [6.45, 7) is 5.98. The number of hydrogen-bond acceptors (Lipinski definition) is 4. The molecule has 2 rings (SSSR count). The van der Waals surface area contributed by atoms with Crippen molar-refractivity contribution in [1.29, 1.82) is 0 Å². The molecule has 0 radical (unpaired) electrons. The standard InChI is InChI=1S/C15H19ClN2O2S/c1-4-18(8-15(2,3)20)14(19)13-12(17)11-9(16)6-5-7-10(11)21-13/h5-7,20H,4,8,17H2,1-3H3. The Balaban J connectivity index is 2.43. The Hall–Kier alpha value is -1.30. The van der Waals surface area contributed by atoms with E-state index in [2.05, 4.69) is 0 Å². The quantitative estimate of drug-likeness (QED) is 0.905. The Bertz CT molecular complexity index is 676. The molecule has 1 aromatic heterocycles. The van der Waals surface area contributed by atoms with E-state index in [9.17, 15) is 9.90 Å². The third-order valence-electron chi connectivity index (χ3n) is 3.14. The zero-order chi connectivity index (χ0) is 15.8. The van der Waals surface area contributed by atoms with Crippen LogP contribution in [0.4, 0.5) is 5.69 Å². The largest absolute Gasteiger partial charge is 0.397 e. The number of likely N-dealkylation sites (N-methyl/N-ethyl adjacent to an activating group) is 1. The molecule has 114 valence electrons. The molecule has 0 saturated carbocycles. The average Bonchev–Trinajstić information content (AvgIpc) is 2.73. The molecule has 3 N–H and O–H groups in total. The van der Waals surface area contributed by atoms with Crippen molar-refractivity contribution in [2.24, 2.45) is 0 Å². The number of thiophene rings is 1. The maximum atomic E-state index is 12.7. The van der Waals surface area contributed by atoms with Gasteiger partial charge in [0.1, 0.15) is 4.88 Å². The fraction of sp³-hybridized carbons (Fsp3) is 0.400. The number of carbonyl (C=O) groups excluding carboxylic acids is 1. The maximum absolute atomic E-state index is 12.7. The van der Waals surface area contributed by atoms with Crippen LogP contribution in [0.5, 0.6) is 0 Å². The number of rotatable bonds is 4. The van der Waals surface area contributed by atoms with Gasteiger partial charge in [-0.25, -0.2) is 0 Å². The van der Waals surface area contributed by atoms with Gasteiger partial charge in [-0.15, -0.1) is 11.3 Å². The SMILES string of the molecule is CCN(CC(C)(C)O)C(=O)c1sc2cccc(Cl)c2c1N. The Kier molecular flexibility index (Phi) is 4.46. The Labute approximate surface area is 133 Å². The fourth-order valence-electron chi connectivity index (χ4n) is 2.23. The monoisotopic (exact) mass is 326 g/mol. The summed E-state index contributed by atoms with van der Waals surface area (Å²) in [5, 5.41) is 11.2. The van der Waals surface area contributed by atoms with Crippen molar-refractivity contribution in [2.75, 3.05) is 18.8 Å².